The molecule has 0 radical (unpaired) electrons. The van der Waals surface area contributed by atoms with Crippen LogP contribution in [-0.2, 0) is 0 Å². The third kappa shape index (κ3) is 2.77. The summed E-state index contributed by atoms with van der Waals surface area (Å²) < 4.78 is 0. The van der Waals surface area contributed by atoms with Gasteiger partial charge in [-0.05, 0) is 24.3 Å². The topological polar surface area (TPSA) is 82.5 Å². The molecule has 0 amide bonds. The first kappa shape index (κ1) is 13.3. The maximum Gasteiger partial charge on any atom is 0.205 e. The molecule has 0 aliphatic rings. The third-order valence-corrected chi connectivity index (χ3v) is 3.11. The summed E-state index contributed by atoms with van der Waals surface area (Å²) in [6.07, 6.45) is 0. The van der Waals surface area contributed by atoms with Crippen molar-refractivity contribution in [2.75, 3.05) is 0 Å². The summed E-state index contributed by atoms with van der Waals surface area (Å²) in [6.45, 7) is 1.86. The van der Waals surface area contributed by atoms with Crippen LogP contribution in [0.4, 0.5) is 0 Å². The van der Waals surface area contributed by atoms with Crippen molar-refractivity contribution in [3.8, 4) is 17.2 Å². The number of rotatable bonds is 3. The summed E-state index contributed by atoms with van der Waals surface area (Å²) in [4.78, 5) is 6.06. The molecule has 0 aliphatic carbocycles. The Kier molecular flexibility index (Phi) is 3.41. The van der Waals surface area contributed by atoms with Gasteiger partial charge in [-0.25, -0.2) is 4.98 Å². The van der Waals surface area contributed by atoms with E-state index in [1.165, 1.54) is 4.80 Å². The number of aromatic nitrogens is 5. The molecule has 2 aromatic heterocycles. The largest absolute Gasteiger partial charge is 0.389 e. The maximum absolute atomic E-state index is 5.66. The Morgan fingerprint density at radius 3 is 2.67 bits per heavy atom. The molecule has 2 N–H and O–H groups in total. The smallest absolute Gasteiger partial charge is 0.205 e. The second-order valence-corrected chi connectivity index (χ2v) is 4.93. The Bertz CT molecular complexity index is 796. The number of aryl methyl sites for hydroxylation is 1. The molecule has 0 saturated heterocycles. The van der Waals surface area contributed by atoms with Crippen molar-refractivity contribution in [2.45, 2.75) is 6.92 Å². The van der Waals surface area contributed by atoms with E-state index in [-0.39, 0.29) is 0 Å². The zero-order valence-electron chi connectivity index (χ0n) is 11.3. The second kappa shape index (κ2) is 5.37. The minimum atomic E-state index is 0.310. The zero-order valence-corrected chi connectivity index (χ0v) is 12.1. The summed E-state index contributed by atoms with van der Waals surface area (Å²) in [6, 6.07) is 13.2. The number of benzene rings is 1. The number of tetrazole rings is 1. The molecule has 0 fully saturated rings. The Morgan fingerprint density at radius 2 is 1.95 bits per heavy atom. The molecule has 2 heterocycles. The van der Waals surface area contributed by atoms with Gasteiger partial charge in [0.1, 0.15) is 4.99 Å². The molecular weight excluding hydrogens is 284 g/mol. The van der Waals surface area contributed by atoms with Gasteiger partial charge in [0.15, 0.2) is 5.82 Å². The Hall–Kier alpha value is -2.67. The number of hydrogen-bond donors (Lipinski definition) is 1. The first-order valence-corrected chi connectivity index (χ1v) is 6.68. The van der Waals surface area contributed by atoms with Gasteiger partial charge in [-0.1, -0.05) is 42.5 Å². The average molecular weight is 296 g/mol. The highest BCUT2D eigenvalue weighted by atomic mass is 32.1. The van der Waals surface area contributed by atoms with E-state index >= 15 is 0 Å². The van der Waals surface area contributed by atoms with E-state index in [1.807, 2.05) is 43.3 Å². The predicted octanol–water partition coefficient (Wildman–Crippen LogP) is 1.67. The summed E-state index contributed by atoms with van der Waals surface area (Å²) in [5, 5.41) is 12.4. The fourth-order valence-electron chi connectivity index (χ4n) is 1.91. The molecule has 3 rings (SSSR count). The van der Waals surface area contributed by atoms with Crippen LogP contribution in [0.15, 0.2) is 42.5 Å². The summed E-state index contributed by atoms with van der Waals surface area (Å²) in [7, 11) is 0. The molecule has 6 nitrogen and oxygen atoms in total. The van der Waals surface area contributed by atoms with Crippen molar-refractivity contribution in [3.63, 3.8) is 0 Å². The van der Waals surface area contributed by atoms with Crippen molar-refractivity contribution < 1.29 is 0 Å². The first-order valence-electron chi connectivity index (χ1n) is 6.28. The lowest BCUT2D eigenvalue weighted by Gasteiger charge is -2.03. The van der Waals surface area contributed by atoms with E-state index < -0.39 is 0 Å². The van der Waals surface area contributed by atoms with Crippen molar-refractivity contribution in [3.05, 3.63) is 53.7 Å². The SMILES string of the molecule is Cc1cc(C(N)=S)cc(-n2nnc(-c3ccccc3)n2)n1. The number of nitrogens with zero attached hydrogens (tertiary/aromatic N) is 5. The van der Waals surface area contributed by atoms with Gasteiger partial charge in [-0.15, -0.1) is 15.0 Å². The van der Waals surface area contributed by atoms with E-state index in [1.54, 1.807) is 6.07 Å². The molecule has 0 unspecified atom stereocenters. The van der Waals surface area contributed by atoms with Gasteiger partial charge < -0.3 is 5.73 Å². The summed E-state index contributed by atoms with van der Waals surface area (Å²) in [5.74, 6) is 1.07. The standard InChI is InChI=1S/C14H12N6S/c1-9-7-11(13(15)21)8-12(16-9)20-18-14(17-19-20)10-5-3-2-4-6-10/h2-8H,1H3,(H2,15,21). The Morgan fingerprint density at radius 1 is 1.19 bits per heavy atom. The lowest BCUT2D eigenvalue weighted by Crippen LogP contribution is -2.12. The highest BCUT2D eigenvalue weighted by molar-refractivity contribution is 7.80. The monoisotopic (exact) mass is 296 g/mol. The van der Waals surface area contributed by atoms with Crippen molar-refractivity contribution >= 4 is 17.2 Å². The fourth-order valence-corrected chi connectivity index (χ4v) is 2.03. The van der Waals surface area contributed by atoms with Gasteiger partial charge in [0, 0.05) is 16.8 Å². The van der Waals surface area contributed by atoms with Crippen LogP contribution in [0.5, 0.6) is 0 Å². The van der Waals surface area contributed by atoms with Gasteiger partial charge in [0.2, 0.25) is 5.82 Å². The summed E-state index contributed by atoms with van der Waals surface area (Å²) in [5.41, 5.74) is 8.07. The van der Waals surface area contributed by atoms with Gasteiger partial charge in [0.05, 0.1) is 0 Å². The van der Waals surface area contributed by atoms with Crippen LogP contribution in [0, 0.1) is 6.92 Å². The predicted molar refractivity (Wildman–Crippen MR) is 83.0 cm³/mol. The van der Waals surface area contributed by atoms with Gasteiger partial charge in [0.25, 0.3) is 0 Å². The van der Waals surface area contributed by atoms with Crippen LogP contribution in [0.2, 0.25) is 0 Å². The van der Waals surface area contributed by atoms with Gasteiger partial charge in [-0.2, -0.15) is 0 Å². The summed E-state index contributed by atoms with van der Waals surface area (Å²) >= 11 is 5.00. The minimum absolute atomic E-state index is 0.310. The molecule has 7 heteroatoms. The molecule has 0 saturated carbocycles. The molecule has 0 atom stereocenters. The van der Waals surface area contributed by atoms with E-state index in [0.29, 0.717) is 16.6 Å². The molecule has 0 spiro atoms. The van der Waals surface area contributed by atoms with Crippen LogP contribution in [0.3, 0.4) is 0 Å². The molecule has 1 aromatic carbocycles. The molecule has 0 aliphatic heterocycles. The quantitative estimate of drug-likeness (QED) is 0.740. The van der Waals surface area contributed by atoms with Crippen molar-refractivity contribution in [1.82, 2.24) is 25.2 Å². The molecule has 0 bridgehead atoms. The van der Waals surface area contributed by atoms with Crippen molar-refractivity contribution in [1.29, 1.82) is 0 Å². The molecular formula is C14H12N6S. The number of hydrogen-bond acceptors (Lipinski definition) is 5. The first-order chi connectivity index (χ1) is 10.1. The minimum Gasteiger partial charge on any atom is -0.389 e. The normalized spacial score (nSPS) is 10.5. The van der Waals surface area contributed by atoms with E-state index in [2.05, 4.69) is 20.4 Å². The Labute approximate surface area is 126 Å². The number of thiocarbonyl (C=S) groups is 1. The van der Waals surface area contributed by atoms with Crippen molar-refractivity contribution in [2.24, 2.45) is 5.73 Å². The fraction of sp³-hybridized carbons (Fsp3) is 0.0714. The lowest BCUT2D eigenvalue weighted by molar-refractivity contribution is 0.698. The van der Waals surface area contributed by atoms with Crippen LogP contribution >= 0.6 is 12.2 Å². The number of nitrogens with two attached hydrogens (primary N) is 1. The van der Waals surface area contributed by atoms with Crippen LogP contribution in [-0.4, -0.2) is 30.2 Å². The van der Waals surface area contributed by atoms with Crippen LogP contribution in [0.25, 0.3) is 17.2 Å². The van der Waals surface area contributed by atoms with Crippen LogP contribution in [0.1, 0.15) is 11.3 Å². The third-order valence-electron chi connectivity index (χ3n) is 2.87. The Balaban J connectivity index is 2.02. The maximum atomic E-state index is 5.66. The van der Waals surface area contributed by atoms with Gasteiger partial charge in [-0.3, -0.25) is 0 Å². The van der Waals surface area contributed by atoms with Gasteiger partial charge >= 0.3 is 0 Å². The highest BCUT2D eigenvalue weighted by Gasteiger charge is 2.10. The average Bonchev–Trinajstić information content (AvgIpc) is 2.97. The van der Waals surface area contributed by atoms with E-state index in [0.717, 1.165) is 16.8 Å². The molecule has 21 heavy (non-hydrogen) atoms. The van der Waals surface area contributed by atoms with E-state index in [4.69, 9.17) is 18.0 Å². The second-order valence-electron chi connectivity index (χ2n) is 4.49. The number of pyridine rings is 1. The lowest BCUT2D eigenvalue weighted by atomic mass is 10.2. The molecule has 104 valence electrons. The van der Waals surface area contributed by atoms with Crippen LogP contribution < -0.4 is 5.73 Å². The molecule has 3 aromatic rings. The zero-order chi connectivity index (χ0) is 14.8. The van der Waals surface area contributed by atoms with E-state index in [9.17, 15) is 0 Å². The highest BCUT2D eigenvalue weighted by Crippen LogP contribution is 2.14.